The summed E-state index contributed by atoms with van der Waals surface area (Å²) in [6.45, 7) is 2.08. The summed E-state index contributed by atoms with van der Waals surface area (Å²) in [5, 5.41) is 21.0. The van der Waals surface area contributed by atoms with Crippen molar-refractivity contribution < 1.29 is 13.2 Å². The van der Waals surface area contributed by atoms with Crippen molar-refractivity contribution in [3.8, 4) is 16.5 Å². The van der Waals surface area contributed by atoms with E-state index in [-0.39, 0.29) is 24.6 Å². The summed E-state index contributed by atoms with van der Waals surface area (Å²) in [5.74, 6) is -0.222. The van der Waals surface area contributed by atoms with E-state index in [0.29, 0.717) is 22.1 Å². The molecule has 1 spiro atoms. The molecular weight excluding hydrogens is 420 g/mol. The first-order valence-electron chi connectivity index (χ1n) is 8.53. The molecule has 0 unspecified atom stereocenters. The van der Waals surface area contributed by atoms with Crippen LogP contribution >= 0.6 is 22.9 Å². The predicted octanol–water partition coefficient (Wildman–Crippen LogP) is 2.70. The molecule has 2 saturated heterocycles. The summed E-state index contributed by atoms with van der Waals surface area (Å²) < 4.78 is 30.3. The van der Waals surface area contributed by atoms with E-state index in [1.54, 1.807) is 25.3 Å². The van der Waals surface area contributed by atoms with Crippen molar-refractivity contribution in [2.45, 2.75) is 23.6 Å². The molecule has 2 aliphatic heterocycles. The summed E-state index contributed by atoms with van der Waals surface area (Å²) in [5.41, 5.74) is 0.137. The van der Waals surface area contributed by atoms with Gasteiger partial charge in [0, 0.05) is 34.3 Å². The van der Waals surface area contributed by atoms with Gasteiger partial charge < -0.3 is 10.1 Å². The third kappa shape index (κ3) is 2.83. The quantitative estimate of drug-likeness (QED) is 0.747. The zero-order chi connectivity index (χ0) is 20.2. The first-order valence-corrected chi connectivity index (χ1v) is 11.4. The standard InChI is InChI=1S/C18H17ClN4O3S2/c1-17(10-28(24,25)18(16(21)23-17)2-3-26-9-18)15-13(19)5-14(27-15)12-4-11(6-20)7-22-8-12/h4-5,7-8H,2-3,9-10H2,1H3,(H2,21,23)/t17-,18-/m0/s1. The molecule has 4 heterocycles. The zero-order valence-electron chi connectivity index (χ0n) is 15.0. The molecule has 28 heavy (non-hydrogen) atoms. The fraction of sp³-hybridized carbons (Fsp3) is 0.389. The molecule has 0 aliphatic carbocycles. The average molecular weight is 437 g/mol. The number of nitrogens with one attached hydrogen (secondary N) is 2. The highest BCUT2D eigenvalue weighted by atomic mass is 35.5. The molecule has 0 radical (unpaired) electrons. The zero-order valence-corrected chi connectivity index (χ0v) is 17.3. The molecule has 146 valence electrons. The fourth-order valence-electron chi connectivity index (χ4n) is 3.73. The highest BCUT2D eigenvalue weighted by molar-refractivity contribution is 7.93. The fourth-order valence-corrected chi connectivity index (χ4v) is 7.73. The van der Waals surface area contributed by atoms with E-state index in [9.17, 15) is 8.42 Å². The lowest BCUT2D eigenvalue weighted by atomic mass is 9.98. The third-order valence-electron chi connectivity index (χ3n) is 5.26. The Morgan fingerprint density at radius 2 is 2.21 bits per heavy atom. The number of nitrogens with zero attached hydrogens (tertiary/aromatic N) is 2. The Bertz CT molecular complexity index is 1120. The van der Waals surface area contributed by atoms with Gasteiger partial charge in [-0.05, 0) is 25.5 Å². The average Bonchev–Trinajstić information content (AvgIpc) is 3.28. The number of rotatable bonds is 2. The molecule has 2 aromatic heterocycles. The number of amidine groups is 1. The van der Waals surface area contributed by atoms with Gasteiger partial charge in [0.15, 0.2) is 14.6 Å². The highest BCUT2D eigenvalue weighted by Gasteiger charge is 2.58. The summed E-state index contributed by atoms with van der Waals surface area (Å²) >= 11 is 7.81. The number of hydrogen-bond acceptors (Lipinski definition) is 7. The first kappa shape index (κ1) is 19.3. The molecule has 2 aromatic rings. The van der Waals surface area contributed by atoms with Crippen LogP contribution in [0.15, 0.2) is 24.5 Å². The van der Waals surface area contributed by atoms with E-state index < -0.39 is 20.1 Å². The van der Waals surface area contributed by atoms with Crippen LogP contribution in [-0.2, 0) is 20.1 Å². The topological polar surface area (TPSA) is 116 Å². The Hall–Kier alpha value is -1.99. The van der Waals surface area contributed by atoms with Crippen LogP contribution in [0.25, 0.3) is 10.4 Å². The van der Waals surface area contributed by atoms with Gasteiger partial charge in [0.2, 0.25) is 0 Å². The van der Waals surface area contributed by atoms with Gasteiger partial charge in [0.05, 0.1) is 28.5 Å². The minimum absolute atomic E-state index is 0.00723. The van der Waals surface area contributed by atoms with E-state index in [0.717, 1.165) is 10.4 Å². The third-order valence-corrected chi connectivity index (χ3v) is 9.79. The molecule has 2 atom stereocenters. The van der Waals surface area contributed by atoms with Crippen LogP contribution in [-0.4, -0.2) is 43.0 Å². The van der Waals surface area contributed by atoms with Crippen molar-refractivity contribution in [2.24, 2.45) is 0 Å². The van der Waals surface area contributed by atoms with Gasteiger partial charge in [0.25, 0.3) is 0 Å². The van der Waals surface area contributed by atoms with Crippen molar-refractivity contribution in [3.63, 3.8) is 0 Å². The maximum atomic E-state index is 13.1. The summed E-state index contributed by atoms with van der Waals surface area (Å²) in [6.07, 6.45) is 3.39. The number of aromatic nitrogens is 1. The largest absolute Gasteiger partial charge is 0.379 e. The molecule has 4 rings (SSSR count). The van der Waals surface area contributed by atoms with Crippen molar-refractivity contribution in [1.29, 1.82) is 10.7 Å². The van der Waals surface area contributed by atoms with Gasteiger partial charge in [-0.3, -0.25) is 10.4 Å². The Morgan fingerprint density at radius 3 is 2.86 bits per heavy atom. The lowest BCUT2D eigenvalue weighted by Crippen LogP contribution is -2.66. The van der Waals surface area contributed by atoms with Gasteiger partial charge in [-0.2, -0.15) is 5.26 Å². The van der Waals surface area contributed by atoms with Crippen LogP contribution in [0.3, 0.4) is 0 Å². The first-order chi connectivity index (χ1) is 13.2. The Morgan fingerprint density at radius 1 is 1.43 bits per heavy atom. The molecule has 0 amide bonds. The normalized spacial score (nSPS) is 28.8. The van der Waals surface area contributed by atoms with Crippen LogP contribution in [0.5, 0.6) is 0 Å². The number of thiophene rings is 1. The summed E-state index contributed by atoms with van der Waals surface area (Å²) in [7, 11) is -3.63. The summed E-state index contributed by atoms with van der Waals surface area (Å²) in [4.78, 5) is 5.48. The number of pyridine rings is 1. The molecule has 2 N–H and O–H groups in total. The molecule has 0 bridgehead atoms. The van der Waals surface area contributed by atoms with Gasteiger partial charge >= 0.3 is 0 Å². The number of nitriles is 1. The van der Waals surface area contributed by atoms with E-state index in [4.69, 9.17) is 27.0 Å². The molecule has 2 fully saturated rings. The number of ether oxygens (including phenoxy) is 1. The maximum absolute atomic E-state index is 13.1. The Balaban J connectivity index is 1.75. The number of sulfone groups is 1. The monoisotopic (exact) mass is 436 g/mol. The van der Waals surface area contributed by atoms with E-state index in [2.05, 4.69) is 16.4 Å². The lowest BCUT2D eigenvalue weighted by molar-refractivity contribution is 0.193. The minimum Gasteiger partial charge on any atom is -0.379 e. The van der Waals surface area contributed by atoms with E-state index in [1.807, 2.05) is 0 Å². The molecule has 10 heteroatoms. The van der Waals surface area contributed by atoms with Crippen LogP contribution in [0, 0.1) is 16.7 Å². The highest BCUT2D eigenvalue weighted by Crippen LogP contribution is 2.45. The number of halogens is 1. The predicted molar refractivity (Wildman–Crippen MR) is 107 cm³/mol. The Kier molecular flexibility index (Phi) is 4.50. The second-order valence-corrected chi connectivity index (χ2v) is 11.0. The number of hydrogen-bond donors (Lipinski definition) is 2. The van der Waals surface area contributed by atoms with Crippen LogP contribution in [0.4, 0.5) is 0 Å². The summed E-state index contributed by atoms with van der Waals surface area (Å²) in [6, 6.07) is 5.50. The van der Waals surface area contributed by atoms with E-state index >= 15 is 0 Å². The Labute approximate surface area is 171 Å². The van der Waals surface area contributed by atoms with Crippen molar-refractivity contribution in [3.05, 3.63) is 40.0 Å². The van der Waals surface area contributed by atoms with Crippen LogP contribution < -0.4 is 5.32 Å². The minimum atomic E-state index is -3.63. The van der Waals surface area contributed by atoms with E-state index in [1.165, 1.54) is 17.5 Å². The van der Waals surface area contributed by atoms with Crippen molar-refractivity contribution in [1.82, 2.24) is 10.3 Å². The van der Waals surface area contributed by atoms with Gasteiger partial charge in [-0.25, -0.2) is 8.42 Å². The smallest absolute Gasteiger partial charge is 0.168 e. The lowest BCUT2D eigenvalue weighted by Gasteiger charge is -2.43. The van der Waals surface area contributed by atoms with Crippen LogP contribution in [0.2, 0.25) is 5.02 Å². The van der Waals surface area contributed by atoms with Crippen molar-refractivity contribution >= 4 is 38.6 Å². The van der Waals surface area contributed by atoms with Crippen LogP contribution in [0.1, 0.15) is 23.8 Å². The molecule has 7 nitrogen and oxygen atoms in total. The van der Waals surface area contributed by atoms with Gasteiger partial charge in [0.1, 0.15) is 11.9 Å². The maximum Gasteiger partial charge on any atom is 0.168 e. The SMILES string of the molecule is C[C@@]1(c2sc(-c3cncc(C#N)c3)cc2Cl)CS(=O)(=O)[C@]2(CCOC2)C(=N)N1. The van der Waals surface area contributed by atoms with Gasteiger partial charge in [-0.1, -0.05) is 11.6 Å². The molecule has 2 aliphatic rings. The second kappa shape index (κ2) is 6.52. The second-order valence-electron chi connectivity index (χ2n) is 7.25. The molecular formula is C18H17ClN4O3S2. The molecule has 0 saturated carbocycles. The molecule has 0 aromatic carbocycles. The van der Waals surface area contributed by atoms with Gasteiger partial charge in [-0.15, -0.1) is 11.3 Å². The van der Waals surface area contributed by atoms with Crippen molar-refractivity contribution in [2.75, 3.05) is 19.0 Å².